The Balaban J connectivity index is 1.78. The van der Waals surface area contributed by atoms with E-state index in [2.05, 4.69) is 27.0 Å². The molecule has 0 heterocycles. The fourth-order valence-corrected chi connectivity index (χ4v) is 2.58. The van der Waals surface area contributed by atoms with Crippen LogP contribution in [0.3, 0.4) is 0 Å². The Kier molecular flexibility index (Phi) is 5.61. The molecular formula is C21H15BrN2O. The Hall–Kier alpha value is -2.90. The van der Waals surface area contributed by atoms with Gasteiger partial charge in [0.2, 0.25) is 0 Å². The smallest absolute Gasteiger partial charge is 0.129 e. The molecule has 0 aliphatic carbocycles. The summed E-state index contributed by atoms with van der Waals surface area (Å²) >= 11 is 3.48. The zero-order valence-corrected chi connectivity index (χ0v) is 15.0. The van der Waals surface area contributed by atoms with Gasteiger partial charge in [-0.2, -0.15) is 5.26 Å². The second-order valence-electron chi connectivity index (χ2n) is 5.37. The zero-order chi connectivity index (χ0) is 17.5. The van der Waals surface area contributed by atoms with Crippen molar-refractivity contribution in [2.45, 2.75) is 6.61 Å². The standard InChI is InChI=1S/C21H15BrN2O/c22-19-9-8-18(14-24-20-10-6-16(13-23)7-11-20)21(12-19)25-15-17-4-2-1-3-5-17/h1-12,14H,15H2. The lowest BCUT2D eigenvalue weighted by Crippen LogP contribution is -1.98. The van der Waals surface area contributed by atoms with Gasteiger partial charge in [0, 0.05) is 16.3 Å². The molecule has 0 spiro atoms. The second kappa shape index (κ2) is 8.27. The quantitative estimate of drug-likeness (QED) is 0.528. The van der Waals surface area contributed by atoms with E-state index in [0.717, 1.165) is 27.0 Å². The number of ether oxygens (including phenoxy) is 1. The van der Waals surface area contributed by atoms with E-state index in [-0.39, 0.29) is 0 Å². The second-order valence-corrected chi connectivity index (χ2v) is 6.29. The number of rotatable bonds is 5. The van der Waals surface area contributed by atoms with E-state index >= 15 is 0 Å². The van der Waals surface area contributed by atoms with Crippen LogP contribution in [0.25, 0.3) is 0 Å². The maximum absolute atomic E-state index is 8.84. The van der Waals surface area contributed by atoms with Crippen LogP contribution < -0.4 is 4.74 Å². The van der Waals surface area contributed by atoms with Gasteiger partial charge >= 0.3 is 0 Å². The molecule has 0 atom stereocenters. The van der Waals surface area contributed by atoms with Crippen molar-refractivity contribution in [3.05, 3.63) is 94.0 Å². The normalized spacial score (nSPS) is 10.6. The highest BCUT2D eigenvalue weighted by atomic mass is 79.9. The van der Waals surface area contributed by atoms with Gasteiger partial charge in [-0.1, -0.05) is 46.3 Å². The van der Waals surface area contributed by atoms with Crippen LogP contribution in [-0.2, 0) is 6.61 Å². The monoisotopic (exact) mass is 390 g/mol. The fraction of sp³-hybridized carbons (Fsp3) is 0.0476. The Morgan fingerprint density at radius 2 is 1.76 bits per heavy atom. The minimum atomic E-state index is 0.495. The number of benzene rings is 3. The molecule has 0 unspecified atom stereocenters. The molecule has 0 fully saturated rings. The van der Waals surface area contributed by atoms with Crippen LogP contribution in [0, 0.1) is 11.3 Å². The molecule has 25 heavy (non-hydrogen) atoms. The summed E-state index contributed by atoms with van der Waals surface area (Å²) in [5.74, 6) is 0.760. The average molecular weight is 391 g/mol. The first-order chi connectivity index (χ1) is 12.2. The Labute approximate surface area is 155 Å². The van der Waals surface area contributed by atoms with Crippen molar-refractivity contribution in [3.8, 4) is 11.8 Å². The van der Waals surface area contributed by atoms with Crippen LogP contribution in [-0.4, -0.2) is 6.21 Å². The molecule has 122 valence electrons. The largest absolute Gasteiger partial charge is 0.488 e. The Morgan fingerprint density at radius 3 is 2.48 bits per heavy atom. The minimum absolute atomic E-state index is 0.495. The first kappa shape index (κ1) is 16.9. The molecule has 0 saturated heterocycles. The third kappa shape index (κ3) is 4.79. The summed E-state index contributed by atoms with van der Waals surface area (Å²) in [5, 5.41) is 8.84. The maximum atomic E-state index is 8.84. The van der Waals surface area contributed by atoms with Gasteiger partial charge in [0.05, 0.1) is 17.3 Å². The molecule has 0 radical (unpaired) electrons. The molecular weight excluding hydrogens is 376 g/mol. The van der Waals surface area contributed by atoms with E-state index in [1.165, 1.54) is 0 Å². The summed E-state index contributed by atoms with van der Waals surface area (Å²) in [4.78, 5) is 4.47. The van der Waals surface area contributed by atoms with Crippen molar-refractivity contribution in [2.24, 2.45) is 4.99 Å². The SMILES string of the molecule is N#Cc1ccc(N=Cc2ccc(Br)cc2OCc2ccccc2)cc1. The molecule has 3 nitrogen and oxygen atoms in total. The van der Waals surface area contributed by atoms with E-state index in [9.17, 15) is 0 Å². The van der Waals surface area contributed by atoms with Crippen molar-refractivity contribution in [2.75, 3.05) is 0 Å². The molecule has 0 aliphatic heterocycles. The molecule has 3 rings (SSSR count). The lowest BCUT2D eigenvalue weighted by atomic mass is 10.2. The van der Waals surface area contributed by atoms with Crippen LogP contribution in [0.5, 0.6) is 5.75 Å². The van der Waals surface area contributed by atoms with Gasteiger partial charge in [-0.3, -0.25) is 4.99 Å². The van der Waals surface area contributed by atoms with Gasteiger partial charge in [0.15, 0.2) is 0 Å². The van der Waals surface area contributed by atoms with E-state index in [4.69, 9.17) is 10.00 Å². The predicted octanol–water partition coefficient (Wildman–Crippen LogP) is 5.65. The number of hydrogen-bond acceptors (Lipinski definition) is 3. The van der Waals surface area contributed by atoms with E-state index in [1.54, 1.807) is 18.3 Å². The van der Waals surface area contributed by atoms with Crippen molar-refractivity contribution in [1.29, 1.82) is 5.26 Å². The van der Waals surface area contributed by atoms with Crippen LogP contribution in [0.2, 0.25) is 0 Å². The minimum Gasteiger partial charge on any atom is -0.488 e. The summed E-state index contributed by atoms with van der Waals surface area (Å²) in [5.41, 5.74) is 3.41. The van der Waals surface area contributed by atoms with Gasteiger partial charge in [0.1, 0.15) is 12.4 Å². The lowest BCUT2D eigenvalue weighted by Gasteiger charge is -2.10. The summed E-state index contributed by atoms with van der Waals surface area (Å²) in [6.07, 6.45) is 1.77. The van der Waals surface area contributed by atoms with Crippen LogP contribution >= 0.6 is 15.9 Å². The summed E-state index contributed by atoms with van der Waals surface area (Å²) in [6.45, 7) is 0.495. The molecule has 0 aromatic heterocycles. The van der Waals surface area contributed by atoms with Gasteiger partial charge in [-0.25, -0.2) is 0 Å². The molecule has 3 aromatic rings. The third-order valence-electron chi connectivity index (χ3n) is 3.56. The molecule has 0 N–H and O–H groups in total. The summed E-state index contributed by atoms with van der Waals surface area (Å²) < 4.78 is 6.91. The molecule has 3 aromatic carbocycles. The van der Waals surface area contributed by atoms with Crippen LogP contribution in [0.1, 0.15) is 16.7 Å². The van der Waals surface area contributed by atoms with E-state index in [0.29, 0.717) is 12.2 Å². The Bertz CT molecular complexity index is 913. The number of nitrogens with zero attached hydrogens (tertiary/aromatic N) is 2. The van der Waals surface area contributed by atoms with Crippen LogP contribution in [0.15, 0.2) is 82.3 Å². The average Bonchev–Trinajstić information content (AvgIpc) is 2.67. The molecule has 0 amide bonds. The lowest BCUT2D eigenvalue weighted by molar-refractivity contribution is 0.305. The summed E-state index contributed by atoms with van der Waals surface area (Å²) in [6, 6.07) is 25.1. The van der Waals surface area contributed by atoms with Crippen molar-refractivity contribution in [3.63, 3.8) is 0 Å². The zero-order valence-electron chi connectivity index (χ0n) is 13.4. The van der Waals surface area contributed by atoms with Crippen molar-refractivity contribution < 1.29 is 4.74 Å². The van der Waals surface area contributed by atoms with Crippen molar-refractivity contribution >= 4 is 27.8 Å². The van der Waals surface area contributed by atoms with E-state index in [1.807, 2.05) is 60.7 Å². The van der Waals surface area contributed by atoms with E-state index < -0.39 is 0 Å². The molecule has 0 bridgehead atoms. The highest BCUT2D eigenvalue weighted by Gasteiger charge is 2.04. The first-order valence-electron chi connectivity index (χ1n) is 7.75. The first-order valence-corrected chi connectivity index (χ1v) is 8.54. The number of aliphatic imine (C=N–C) groups is 1. The molecule has 4 heteroatoms. The topological polar surface area (TPSA) is 45.4 Å². The van der Waals surface area contributed by atoms with Gasteiger partial charge in [-0.15, -0.1) is 0 Å². The van der Waals surface area contributed by atoms with Crippen LogP contribution in [0.4, 0.5) is 5.69 Å². The number of nitriles is 1. The maximum Gasteiger partial charge on any atom is 0.129 e. The fourth-order valence-electron chi connectivity index (χ4n) is 2.24. The highest BCUT2D eigenvalue weighted by molar-refractivity contribution is 9.10. The van der Waals surface area contributed by atoms with Gasteiger partial charge in [-0.05, 0) is 48.0 Å². The van der Waals surface area contributed by atoms with Gasteiger partial charge < -0.3 is 4.74 Å². The summed E-state index contributed by atoms with van der Waals surface area (Å²) in [7, 11) is 0. The molecule has 0 aliphatic rings. The molecule has 0 saturated carbocycles. The van der Waals surface area contributed by atoms with Crippen molar-refractivity contribution in [1.82, 2.24) is 0 Å². The predicted molar refractivity (Wildman–Crippen MR) is 103 cm³/mol. The number of halogens is 1. The van der Waals surface area contributed by atoms with Gasteiger partial charge in [0.25, 0.3) is 0 Å². The third-order valence-corrected chi connectivity index (χ3v) is 4.06. The Morgan fingerprint density at radius 1 is 1.00 bits per heavy atom. The number of hydrogen-bond donors (Lipinski definition) is 0. The highest BCUT2D eigenvalue weighted by Crippen LogP contribution is 2.24.